The maximum absolute atomic E-state index is 11.0. The lowest BCUT2D eigenvalue weighted by Gasteiger charge is -2.06. The molecule has 0 unspecified atom stereocenters. The third-order valence-electron chi connectivity index (χ3n) is 2.41. The van der Waals surface area contributed by atoms with Crippen LogP contribution in [0.3, 0.4) is 0 Å². The molecule has 1 N–H and O–H groups in total. The van der Waals surface area contributed by atoms with Crippen LogP contribution in [0.1, 0.15) is 16.1 Å². The molecule has 3 nitrogen and oxygen atoms in total. The van der Waals surface area contributed by atoms with Crippen LogP contribution < -0.4 is 0 Å². The standard InChI is InChI=1S/C13H9Cl2NO2/c1-7-4-8(13(17)18)5-12(16-7)10-3-2-9(14)6-11(10)15/h2-6H,1H3,(H,17,18). The molecule has 5 heteroatoms. The Morgan fingerprint density at radius 3 is 2.56 bits per heavy atom. The van der Waals surface area contributed by atoms with Gasteiger partial charge in [-0.25, -0.2) is 4.79 Å². The van der Waals surface area contributed by atoms with Crippen molar-refractivity contribution >= 4 is 29.2 Å². The largest absolute Gasteiger partial charge is 0.478 e. The van der Waals surface area contributed by atoms with Crippen molar-refractivity contribution in [1.29, 1.82) is 0 Å². The first-order valence-corrected chi connectivity index (χ1v) is 5.90. The molecular weight excluding hydrogens is 273 g/mol. The van der Waals surface area contributed by atoms with Gasteiger partial charge in [0.25, 0.3) is 0 Å². The van der Waals surface area contributed by atoms with Crippen molar-refractivity contribution in [2.24, 2.45) is 0 Å². The molecule has 92 valence electrons. The summed E-state index contributed by atoms with van der Waals surface area (Å²) >= 11 is 11.9. The van der Waals surface area contributed by atoms with Crippen LogP contribution in [-0.2, 0) is 0 Å². The molecule has 0 aliphatic heterocycles. The molecule has 0 radical (unpaired) electrons. The summed E-state index contributed by atoms with van der Waals surface area (Å²) in [6.07, 6.45) is 0. The highest BCUT2D eigenvalue weighted by Gasteiger charge is 2.10. The second kappa shape index (κ2) is 4.96. The van der Waals surface area contributed by atoms with Gasteiger partial charge in [-0.1, -0.05) is 23.2 Å². The van der Waals surface area contributed by atoms with Crippen molar-refractivity contribution in [3.05, 3.63) is 51.6 Å². The van der Waals surface area contributed by atoms with Crippen LogP contribution in [-0.4, -0.2) is 16.1 Å². The molecule has 0 atom stereocenters. The molecule has 1 aromatic heterocycles. The molecule has 18 heavy (non-hydrogen) atoms. The number of carboxylic acids is 1. The molecule has 0 spiro atoms. The topological polar surface area (TPSA) is 50.2 Å². The summed E-state index contributed by atoms with van der Waals surface area (Å²) in [7, 11) is 0. The number of aromatic carboxylic acids is 1. The second-order valence-electron chi connectivity index (χ2n) is 3.81. The minimum absolute atomic E-state index is 0.184. The van der Waals surface area contributed by atoms with Crippen LogP contribution in [0.5, 0.6) is 0 Å². The zero-order valence-corrected chi connectivity index (χ0v) is 11.0. The predicted molar refractivity (Wildman–Crippen MR) is 71.4 cm³/mol. The van der Waals surface area contributed by atoms with E-state index in [1.54, 1.807) is 25.1 Å². The third-order valence-corrected chi connectivity index (χ3v) is 2.96. The number of benzene rings is 1. The van der Waals surface area contributed by atoms with Gasteiger partial charge in [0.2, 0.25) is 0 Å². The number of nitrogens with zero attached hydrogens (tertiary/aromatic N) is 1. The smallest absolute Gasteiger partial charge is 0.335 e. The maximum Gasteiger partial charge on any atom is 0.335 e. The molecule has 2 rings (SSSR count). The average molecular weight is 282 g/mol. The zero-order chi connectivity index (χ0) is 13.3. The molecule has 0 saturated heterocycles. The van der Waals surface area contributed by atoms with E-state index in [1.807, 2.05) is 0 Å². The lowest BCUT2D eigenvalue weighted by atomic mass is 10.1. The summed E-state index contributed by atoms with van der Waals surface area (Å²) in [5, 5.41) is 9.98. The fraction of sp³-hybridized carbons (Fsp3) is 0.0769. The Labute approximate surface area is 114 Å². The van der Waals surface area contributed by atoms with E-state index >= 15 is 0 Å². The number of carboxylic acid groups (broad SMARTS) is 1. The minimum Gasteiger partial charge on any atom is -0.478 e. The molecule has 0 aliphatic carbocycles. The Morgan fingerprint density at radius 2 is 1.94 bits per heavy atom. The van der Waals surface area contributed by atoms with E-state index in [0.717, 1.165) is 0 Å². The Hall–Kier alpha value is -1.58. The van der Waals surface area contributed by atoms with Crippen molar-refractivity contribution in [1.82, 2.24) is 4.98 Å². The quantitative estimate of drug-likeness (QED) is 0.903. The Morgan fingerprint density at radius 1 is 1.22 bits per heavy atom. The second-order valence-corrected chi connectivity index (χ2v) is 4.66. The van der Waals surface area contributed by atoms with Crippen LogP contribution in [0.25, 0.3) is 11.3 Å². The summed E-state index contributed by atoms with van der Waals surface area (Å²) in [5.41, 5.74) is 1.99. The van der Waals surface area contributed by atoms with Gasteiger partial charge in [0.15, 0.2) is 0 Å². The van der Waals surface area contributed by atoms with Crippen molar-refractivity contribution in [2.75, 3.05) is 0 Å². The number of rotatable bonds is 2. The van der Waals surface area contributed by atoms with Gasteiger partial charge in [0, 0.05) is 16.3 Å². The van der Waals surface area contributed by atoms with Crippen molar-refractivity contribution in [3.63, 3.8) is 0 Å². The van der Waals surface area contributed by atoms with Crippen LogP contribution in [0, 0.1) is 6.92 Å². The monoisotopic (exact) mass is 281 g/mol. The average Bonchev–Trinajstić information content (AvgIpc) is 2.27. The Balaban J connectivity index is 2.60. The number of aryl methyl sites for hydroxylation is 1. The van der Waals surface area contributed by atoms with E-state index in [0.29, 0.717) is 27.0 Å². The zero-order valence-electron chi connectivity index (χ0n) is 9.45. The summed E-state index contributed by atoms with van der Waals surface area (Å²) < 4.78 is 0. The van der Waals surface area contributed by atoms with Gasteiger partial charge < -0.3 is 5.11 Å². The number of halogens is 2. The van der Waals surface area contributed by atoms with E-state index in [-0.39, 0.29) is 5.56 Å². The number of pyridine rings is 1. The van der Waals surface area contributed by atoms with Gasteiger partial charge >= 0.3 is 5.97 Å². The van der Waals surface area contributed by atoms with E-state index in [4.69, 9.17) is 28.3 Å². The molecule has 2 aromatic rings. The molecule has 1 aromatic carbocycles. The summed E-state index contributed by atoms with van der Waals surface area (Å²) in [5.74, 6) is -0.994. The fourth-order valence-corrected chi connectivity index (χ4v) is 2.13. The normalized spacial score (nSPS) is 10.4. The molecule has 0 saturated carbocycles. The Kier molecular flexibility index (Phi) is 3.55. The van der Waals surface area contributed by atoms with Crippen molar-refractivity contribution in [2.45, 2.75) is 6.92 Å². The van der Waals surface area contributed by atoms with Gasteiger partial charge in [-0.15, -0.1) is 0 Å². The van der Waals surface area contributed by atoms with Crippen LogP contribution in [0.2, 0.25) is 10.0 Å². The summed E-state index contributed by atoms with van der Waals surface area (Å²) in [4.78, 5) is 15.3. The van der Waals surface area contributed by atoms with Crippen molar-refractivity contribution < 1.29 is 9.90 Å². The molecule has 1 heterocycles. The van der Waals surface area contributed by atoms with Crippen LogP contribution in [0.4, 0.5) is 0 Å². The third kappa shape index (κ3) is 2.63. The van der Waals surface area contributed by atoms with E-state index in [9.17, 15) is 4.79 Å². The molecular formula is C13H9Cl2NO2. The van der Waals surface area contributed by atoms with Crippen LogP contribution >= 0.6 is 23.2 Å². The Bertz CT molecular complexity index is 626. The maximum atomic E-state index is 11.0. The first-order valence-electron chi connectivity index (χ1n) is 5.15. The van der Waals surface area contributed by atoms with Gasteiger partial charge in [-0.3, -0.25) is 4.98 Å². The van der Waals surface area contributed by atoms with Gasteiger partial charge in [0.1, 0.15) is 0 Å². The number of aromatic nitrogens is 1. The van der Waals surface area contributed by atoms with E-state index in [1.165, 1.54) is 12.1 Å². The van der Waals surface area contributed by atoms with Gasteiger partial charge in [-0.05, 0) is 37.3 Å². The lowest BCUT2D eigenvalue weighted by Crippen LogP contribution is -1.99. The van der Waals surface area contributed by atoms with Gasteiger partial charge in [-0.2, -0.15) is 0 Å². The van der Waals surface area contributed by atoms with Crippen molar-refractivity contribution in [3.8, 4) is 11.3 Å². The molecule has 0 bridgehead atoms. The number of hydrogen-bond donors (Lipinski definition) is 1. The van der Waals surface area contributed by atoms with Gasteiger partial charge in [0.05, 0.1) is 16.3 Å². The van der Waals surface area contributed by atoms with Crippen LogP contribution in [0.15, 0.2) is 30.3 Å². The molecule has 0 fully saturated rings. The fourth-order valence-electron chi connectivity index (χ4n) is 1.63. The predicted octanol–water partition coefficient (Wildman–Crippen LogP) is 4.06. The highest BCUT2D eigenvalue weighted by atomic mass is 35.5. The number of carbonyl (C=O) groups is 1. The van der Waals surface area contributed by atoms with E-state index in [2.05, 4.69) is 4.98 Å². The highest BCUT2D eigenvalue weighted by Crippen LogP contribution is 2.29. The summed E-state index contributed by atoms with van der Waals surface area (Å²) in [6.45, 7) is 1.74. The lowest BCUT2D eigenvalue weighted by molar-refractivity contribution is 0.0696. The molecule has 0 amide bonds. The first kappa shape index (κ1) is 12.9. The SMILES string of the molecule is Cc1cc(C(=O)O)cc(-c2ccc(Cl)cc2Cl)n1. The first-order chi connectivity index (χ1) is 8.47. The minimum atomic E-state index is -0.994. The highest BCUT2D eigenvalue weighted by molar-refractivity contribution is 6.36. The molecule has 0 aliphatic rings. The van der Waals surface area contributed by atoms with E-state index < -0.39 is 5.97 Å². The summed E-state index contributed by atoms with van der Waals surface area (Å²) in [6, 6.07) is 8.01. The number of hydrogen-bond acceptors (Lipinski definition) is 2.